The highest BCUT2D eigenvalue weighted by Crippen LogP contribution is 2.16. The van der Waals surface area contributed by atoms with Crippen molar-refractivity contribution in [2.24, 2.45) is 5.92 Å². The maximum absolute atomic E-state index is 10.2. The molecule has 0 aliphatic heterocycles. The molecule has 1 aromatic heterocycles. The van der Waals surface area contributed by atoms with Gasteiger partial charge in [0.25, 0.3) is 0 Å². The van der Waals surface area contributed by atoms with Gasteiger partial charge in [-0.2, -0.15) is 5.10 Å². The maximum atomic E-state index is 10.2. The predicted octanol–water partition coefficient (Wildman–Crippen LogP) is 2.21. The molecule has 0 bridgehead atoms. The van der Waals surface area contributed by atoms with E-state index in [2.05, 4.69) is 41.3 Å². The third kappa shape index (κ3) is 5.11. The third-order valence-corrected chi connectivity index (χ3v) is 2.98. The Morgan fingerprint density at radius 1 is 1.16 bits per heavy atom. The molecule has 5 heteroatoms. The number of aryl methyl sites for hydroxylation is 2. The number of aliphatic hydroxyl groups is 1. The molecule has 1 aromatic rings. The van der Waals surface area contributed by atoms with Crippen LogP contribution in [0.5, 0.6) is 0 Å². The van der Waals surface area contributed by atoms with Crippen molar-refractivity contribution in [3.05, 3.63) is 11.4 Å². The highest BCUT2D eigenvalue weighted by molar-refractivity contribution is 5.26. The van der Waals surface area contributed by atoms with E-state index in [-0.39, 0.29) is 0 Å². The predicted molar refractivity (Wildman–Crippen MR) is 77.2 cm³/mol. The van der Waals surface area contributed by atoms with E-state index in [1.807, 2.05) is 13.8 Å². The smallest absolute Gasteiger partial charge is 0.243 e. The Hall–Kier alpha value is -1.23. The molecule has 0 saturated carbocycles. The fourth-order valence-corrected chi connectivity index (χ4v) is 2.23. The minimum absolute atomic E-state index is 0.432. The van der Waals surface area contributed by atoms with Gasteiger partial charge in [-0.15, -0.1) is 5.10 Å². The molecular weight excluding hydrogens is 240 g/mol. The van der Waals surface area contributed by atoms with Crippen LogP contribution in [0.1, 0.15) is 52.4 Å². The number of aromatic nitrogens is 3. The van der Waals surface area contributed by atoms with Crippen molar-refractivity contribution in [2.75, 3.05) is 11.9 Å². The molecule has 108 valence electrons. The Balaban J connectivity index is 2.67. The zero-order valence-corrected chi connectivity index (χ0v) is 12.7. The van der Waals surface area contributed by atoms with E-state index in [9.17, 15) is 5.11 Å². The van der Waals surface area contributed by atoms with Crippen molar-refractivity contribution in [2.45, 2.75) is 59.5 Å². The van der Waals surface area contributed by atoms with Crippen LogP contribution in [0.2, 0.25) is 0 Å². The van der Waals surface area contributed by atoms with Gasteiger partial charge in [0.1, 0.15) is 0 Å². The van der Waals surface area contributed by atoms with Crippen molar-refractivity contribution in [3.8, 4) is 0 Å². The molecule has 0 aromatic carbocycles. The quantitative estimate of drug-likeness (QED) is 0.791. The molecule has 0 saturated heterocycles. The summed E-state index contributed by atoms with van der Waals surface area (Å²) in [6.07, 6.45) is 2.42. The van der Waals surface area contributed by atoms with Crippen LogP contribution < -0.4 is 5.32 Å². The monoisotopic (exact) mass is 266 g/mol. The van der Waals surface area contributed by atoms with Gasteiger partial charge >= 0.3 is 0 Å². The van der Waals surface area contributed by atoms with Gasteiger partial charge in [-0.25, -0.2) is 4.98 Å². The molecule has 5 nitrogen and oxygen atoms in total. The van der Waals surface area contributed by atoms with E-state index in [0.29, 0.717) is 18.4 Å². The zero-order valence-electron chi connectivity index (χ0n) is 12.7. The average Bonchev–Trinajstić information content (AvgIpc) is 2.34. The lowest BCUT2D eigenvalue weighted by molar-refractivity contribution is 0.0513. The molecule has 0 radical (unpaired) electrons. The van der Waals surface area contributed by atoms with Gasteiger partial charge in [0.2, 0.25) is 5.95 Å². The summed E-state index contributed by atoms with van der Waals surface area (Å²) in [6, 6.07) is 0. The maximum Gasteiger partial charge on any atom is 0.243 e. The van der Waals surface area contributed by atoms with Crippen LogP contribution in [0.15, 0.2) is 0 Å². The summed E-state index contributed by atoms with van der Waals surface area (Å²) in [7, 11) is 0. The molecule has 1 atom stereocenters. The van der Waals surface area contributed by atoms with E-state index < -0.39 is 5.60 Å². The second-order valence-electron chi connectivity index (χ2n) is 5.68. The summed E-state index contributed by atoms with van der Waals surface area (Å²) >= 11 is 0. The minimum atomic E-state index is -0.757. The van der Waals surface area contributed by atoms with Crippen LogP contribution in [-0.2, 0) is 12.8 Å². The Kier molecular flexibility index (Phi) is 5.66. The van der Waals surface area contributed by atoms with E-state index in [1.165, 1.54) is 0 Å². The summed E-state index contributed by atoms with van der Waals surface area (Å²) < 4.78 is 0. The molecule has 1 unspecified atom stereocenters. The van der Waals surface area contributed by atoms with Crippen molar-refractivity contribution >= 4 is 5.95 Å². The number of nitrogens with zero attached hydrogens (tertiary/aromatic N) is 3. The van der Waals surface area contributed by atoms with Gasteiger partial charge in [-0.1, -0.05) is 27.7 Å². The number of nitrogens with one attached hydrogen (secondary N) is 1. The lowest BCUT2D eigenvalue weighted by Gasteiger charge is -2.25. The molecule has 1 heterocycles. The van der Waals surface area contributed by atoms with Gasteiger partial charge in [0.15, 0.2) is 0 Å². The molecule has 0 fully saturated rings. The van der Waals surface area contributed by atoms with Crippen molar-refractivity contribution in [1.29, 1.82) is 0 Å². The number of rotatable bonds is 7. The van der Waals surface area contributed by atoms with E-state index >= 15 is 0 Å². The largest absolute Gasteiger partial charge is 0.388 e. The van der Waals surface area contributed by atoms with E-state index in [1.54, 1.807) is 0 Å². The molecule has 19 heavy (non-hydrogen) atoms. The molecule has 0 spiro atoms. The van der Waals surface area contributed by atoms with Gasteiger partial charge in [-0.3, -0.25) is 0 Å². The Labute approximate surface area is 115 Å². The lowest BCUT2D eigenvalue weighted by Crippen LogP contribution is -2.35. The van der Waals surface area contributed by atoms with Crippen molar-refractivity contribution in [1.82, 2.24) is 15.2 Å². The van der Waals surface area contributed by atoms with Crippen molar-refractivity contribution < 1.29 is 5.11 Å². The second kappa shape index (κ2) is 6.80. The summed E-state index contributed by atoms with van der Waals surface area (Å²) in [5, 5.41) is 21.5. The first-order chi connectivity index (χ1) is 8.88. The fraction of sp³-hybridized carbons (Fsp3) is 0.786. The number of hydrogen-bond acceptors (Lipinski definition) is 5. The average molecular weight is 266 g/mol. The highest BCUT2D eigenvalue weighted by atomic mass is 16.3. The zero-order chi connectivity index (χ0) is 14.5. The van der Waals surface area contributed by atoms with Crippen LogP contribution in [0.25, 0.3) is 0 Å². The normalized spacial score (nSPS) is 14.5. The third-order valence-electron chi connectivity index (χ3n) is 2.98. The van der Waals surface area contributed by atoms with Gasteiger partial charge in [0.05, 0.1) is 17.0 Å². The molecule has 2 N–H and O–H groups in total. The number of anilines is 1. The highest BCUT2D eigenvalue weighted by Gasteiger charge is 2.22. The topological polar surface area (TPSA) is 70.9 Å². The summed E-state index contributed by atoms with van der Waals surface area (Å²) in [4.78, 5) is 4.45. The van der Waals surface area contributed by atoms with Gasteiger partial charge < -0.3 is 10.4 Å². The first-order valence-electron chi connectivity index (χ1n) is 7.06. The van der Waals surface area contributed by atoms with Gasteiger partial charge in [0, 0.05) is 6.54 Å². The summed E-state index contributed by atoms with van der Waals surface area (Å²) in [6.45, 7) is 10.6. The van der Waals surface area contributed by atoms with Crippen LogP contribution >= 0.6 is 0 Å². The molecule has 1 rings (SSSR count). The minimum Gasteiger partial charge on any atom is -0.388 e. The first kappa shape index (κ1) is 15.8. The molecule has 0 amide bonds. The standard InChI is InChI=1S/C14H26N4O/c1-6-11-12(7-2)17-18-13(16-11)15-9-14(5,19)8-10(3)4/h10,19H,6-9H2,1-5H3,(H,15,16,18). The van der Waals surface area contributed by atoms with Gasteiger partial charge in [-0.05, 0) is 32.1 Å². The Morgan fingerprint density at radius 3 is 2.32 bits per heavy atom. The first-order valence-corrected chi connectivity index (χ1v) is 7.06. The Bertz CT molecular complexity index is 404. The molecule has 0 aliphatic carbocycles. The van der Waals surface area contributed by atoms with Crippen LogP contribution in [0.3, 0.4) is 0 Å². The summed E-state index contributed by atoms with van der Waals surface area (Å²) in [5.74, 6) is 0.947. The van der Waals surface area contributed by atoms with E-state index in [4.69, 9.17) is 0 Å². The second-order valence-corrected chi connectivity index (χ2v) is 5.68. The molecular formula is C14H26N4O. The van der Waals surface area contributed by atoms with Crippen molar-refractivity contribution in [3.63, 3.8) is 0 Å². The van der Waals surface area contributed by atoms with Crippen LogP contribution in [0, 0.1) is 5.92 Å². The molecule has 0 aliphatic rings. The van der Waals surface area contributed by atoms with Crippen LogP contribution in [-0.4, -0.2) is 32.4 Å². The lowest BCUT2D eigenvalue weighted by atomic mass is 9.94. The fourth-order valence-electron chi connectivity index (χ4n) is 2.23. The van der Waals surface area contributed by atoms with Crippen LogP contribution in [0.4, 0.5) is 5.95 Å². The summed E-state index contributed by atoms with van der Waals surface area (Å²) in [5.41, 5.74) is 1.17. The Morgan fingerprint density at radius 2 is 1.79 bits per heavy atom. The van der Waals surface area contributed by atoms with E-state index in [0.717, 1.165) is 30.7 Å². The SMILES string of the molecule is CCc1nnc(NCC(C)(O)CC(C)C)nc1CC. The number of hydrogen-bond donors (Lipinski definition) is 2.